The van der Waals surface area contributed by atoms with Gasteiger partial charge in [0.15, 0.2) is 0 Å². The van der Waals surface area contributed by atoms with Gasteiger partial charge in [-0.05, 0) is 55.3 Å². The van der Waals surface area contributed by atoms with E-state index in [1.807, 2.05) is 55.5 Å². The van der Waals surface area contributed by atoms with E-state index in [9.17, 15) is 0 Å². The Hall–Kier alpha value is -3.00. The molecule has 0 N–H and O–H groups in total. The molecule has 0 aromatic heterocycles. The number of anilines is 2. The molecule has 2 aromatic rings. The summed E-state index contributed by atoms with van der Waals surface area (Å²) in [6, 6.07) is 18.2. The van der Waals surface area contributed by atoms with E-state index < -0.39 is 0 Å². The van der Waals surface area contributed by atoms with Gasteiger partial charge < -0.3 is 4.90 Å². The monoisotopic (exact) mass is 337 g/mol. The first-order chi connectivity index (χ1) is 12.6. The molecule has 2 radical (unpaired) electrons. The van der Waals surface area contributed by atoms with Gasteiger partial charge in [0.25, 0.3) is 0 Å². The maximum absolute atomic E-state index is 6.02. The summed E-state index contributed by atoms with van der Waals surface area (Å²) in [5, 5.41) is 0. The molecule has 0 aliphatic carbocycles. The molecule has 0 saturated heterocycles. The minimum Gasteiger partial charge on any atom is -0.315 e. The standard InChI is InChI=1S/C24H24BN/c1-5-12-20(6-2)21(7-3)17-19(4)26(23-14-9-8-10-15-23)24-16-11-13-22(25)18-24/h5-18H,1-2H2,3-4H3/b19-17+,20-12+,21-7+. The molecular weight excluding hydrogens is 313 g/mol. The van der Waals surface area contributed by atoms with Crippen LogP contribution in [0.1, 0.15) is 13.8 Å². The van der Waals surface area contributed by atoms with Crippen LogP contribution in [0.5, 0.6) is 0 Å². The van der Waals surface area contributed by atoms with Gasteiger partial charge in [-0.15, -0.1) is 0 Å². The van der Waals surface area contributed by atoms with Crippen molar-refractivity contribution in [1.82, 2.24) is 0 Å². The molecule has 0 saturated carbocycles. The van der Waals surface area contributed by atoms with Crippen LogP contribution in [0.2, 0.25) is 0 Å². The number of nitrogens with zero attached hydrogens (tertiary/aromatic N) is 1. The molecular formula is C24H24BN. The first kappa shape index (κ1) is 19.3. The number of rotatable bonds is 7. The molecule has 0 bridgehead atoms. The van der Waals surface area contributed by atoms with Crippen LogP contribution in [0, 0.1) is 0 Å². The Kier molecular flexibility index (Phi) is 7.05. The topological polar surface area (TPSA) is 3.24 Å². The van der Waals surface area contributed by atoms with E-state index in [0.29, 0.717) is 0 Å². The van der Waals surface area contributed by atoms with Crippen LogP contribution in [-0.4, -0.2) is 7.85 Å². The van der Waals surface area contributed by atoms with Crippen molar-refractivity contribution < 1.29 is 0 Å². The Labute approximate surface area is 158 Å². The lowest BCUT2D eigenvalue weighted by Gasteiger charge is -2.27. The summed E-state index contributed by atoms with van der Waals surface area (Å²) in [5.41, 5.74) is 6.03. The Balaban J connectivity index is 2.56. The van der Waals surface area contributed by atoms with Crippen molar-refractivity contribution in [2.75, 3.05) is 4.90 Å². The summed E-state index contributed by atoms with van der Waals surface area (Å²) in [5.74, 6) is 0. The molecule has 1 nitrogen and oxygen atoms in total. The quantitative estimate of drug-likeness (QED) is 0.458. The normalized spacial score (nSPS) is 12.6. The SMILES string of the molecule is [B]c1cccc(N(/C(C)=C/C(=C\C)C(/C=C)=C/C=C)c2ccccc2)c1. The van der Waals surface area contributed by atoms with E-state index in [-0.39, 0.29) is 0 Å². The van der Waals surface area contributed by atoms with E-state index in [4.69, 9.17) is 7.85 Å². The van der Waals surface area contributed by atoms with E-state index in [0.717, 1.165) is 33.7 Å². The van der Waals surface area contributed by atoms with E-state index in [1.54, 1.807) is 6.08 Å². The predicted octanol–water partition coefficient (Wildman–Crippen LogP) is 5.77. The predicted molar refractivity (Wildman–Crippen MR) is 116 cm³/mol. The fourth-order valence-electron chi connectivity index (χ4n) is 2.83. The van der Waals surface area contributed by atoms with Crippen molar-refractivity contribution in [1.29, 1.82) is 0 Å². The number of para-hydroxylation sites is 1. The third kappa shape index (κ3) is 4.76. The minimum atomic E-state index is 0.737. The number of hydrogen-bond donors (Lipinski definition) is 0. The summed E-state index contributed by atoms with van der Waals surface area (Å²) >= 11 is 0. The second kappa shape index (κ2) is 9.48. The zero-order valence-electron chi connectivity index (χ0n) is 15.5. The van der Waals surface area contributed by atoms with Crippen LogP contribution in [0.4, 0.5) is 11.4 Å². The van der Waals surface area contributed by atoms with Crippen LogP contribution < -0.4 is 10.4 Å². The van der Waals surface area contributed by atoms with Crippen molar-refractivity contribution in [3.63, 3.8) is 0 Å². The summed E-state index contributed by atoms with van der Waals surface area (Å²) in [6.07, 6.45) is 9.79. The smallest absolute Gasteiger partial charge is 0.113 e. The number of benzene rings is 2. The van der Waals surface area contributed by atoms with Crippen molar-refractivity contribution in [3.05, 3.63) is 115 Å². The van der Waals surface area contributed by atoms with Gasteiger partial charge in [0.1, 0.15) is 7.85 Å². The van der Waals surface area contributed by atoms with E-state index >= 15 is 0 Å². The van der Waals surface area contributed by atoms with Gasteiger partial charge in [-0.1, -0.05) is 73.3 Å². The lowest BCUT2D eigenvalue weighted by atomic mass is 9.95. The van der Waals surface area contributed by atoms with Gasteiger partial charge >= 0.3 is 0 Å². The molecule has 2 aromatic carbocycles. The third-order valence-electron chi connectivity index (χ3n) is 4.02. The van der Waals surface area contributed by atoms with Crippen LogP contribution in [-0.2, 0) is 0 Å². The molecule has 0 aliphatic heterocycles. The molecule has 0 atom stereocenters. The fraction of sp³-hybridized carbons (Fsp3) is 0.0833. The second-order valence-electron chi connectivity index (χ2n) is 5.86. The van der Waals surface area contributed by atoms with Gasteiger partial charge in [-0.2, -0.15) is 0 Å². The first-order valence-corrected chi connectivity index (χ1v) is 8.61. The summed E-state index contributed by atoms with van der Waals surface area (Å²) in [4.78, 5) is 2.19. The van der Waals surface area contributed by atoms with Gasteiger partial charge in [-0.25, -0.2) is 0 Å². The van der Waals surface area contributed by atoms with E-state index in [2.05, 4.69) is 55.3 Å². The molecule has 0 fully saturated rings. The van der Waals surface area contributed by atoms with Crippen molar-refractivity contribution in [3.8, 4) is 0 Å². The summed E-state index contributed by atoms with van der Waals surface area (Å²) < 4.78 is 0. The largest absolute Gasteiger partial charge is 0.315 e. The van der Waals surface area contributed by atoms with Crippen LogP contribution in [0.15, 0.2) is 115 Å². The molecule has 2 heteroatoms. The van der Waals surface area contributed by atoms with Crippen molar-refractivity contribution >= 4 is 24.7 Å². The fourth-order valence-corrected chi connectivity index (χ4v) is 2.83. The molecule has 2 rings (SSSR count). The molecule has 0 aliphatic rings. The van der Waals surface area contributed by atoms with Gasteiger partial charge in [0, 0.05) is 17.1 Å². The van der Waals surface area contributed by atoms with Gasteiger partial charge in [0.05, 0.1) is 0 Å². The van der Waals surface area contributed by atoms with Gasteiger partial charge in [0.2, 0.25) is 0 Å². The third-order valence-corrected chi connectivity index (χ3v) is 4.02. The lowest BCUT2D eigenvalue weighted by molar-refractivity contribution is 1.15. The highest BCUT2D eigenvalue weighted by molar-refractivity contribution is 6.32. The Bertz CT molecular complexity index is 857. The minimum absolute atomic E-state index is 0.737. The highest BCUT2D eigenvalue weighted by Crippen LogP contribution is 2.30. The Morgan fingerprint density at radius 1 is 0.962 bits per heavy atom. The maximum atomic E-state index is 6.02. The molecule has 0 unspecified atom stereocenters. The second-order valence-corrected chi connectivity index (χ2v) is 5.86. The average molecular weight is 337 g/mol. The highest BCUT2D eigenvalue weighted by atomic mass is 15.1. The van der Waals surface area contributed by atoms with Crippen LogP contribution >= 0.6 is 0 Å². The lowest BCUT2D eigenvalue weighted by Crippen LogP contribution is -2.16. The summed E-state index contributed by atoms with van der Waals surface area (Å²) in [6.45, 7) is 11.8. The Morgan fingerprint density at radius 2 is 1.65 bits per heavy atom. The molecule has 0 amide bonds. The van der Waals surface area contributed by atoms with E-state index in [1.165, 1.54) is 0 Å². The van der Waals surface area contributed by atoms with Crippen LogP contribution in [0.3, 0.4) is 0 Å². The maximum Gasteiger partial charge on any atom is 0.113 e. The number of allylic oxidation sites excluding steroid dienone is 8. The molecule has 0 spiro atoms. The van der Waals surface area contributed by atoms with Crippen molar-refractivity contribution in [2.24, 2.45) is 0 Å². The number of hydrogen-bond acceptors (Lipinski definition) is 1. The molecule has 26 heavy (non-hydrogen) atoms. The zero-order valence-corrected chi connectivity index (χ0v) is 15.5. The van der Waals surface area contributed by atoms with Gasteiger partial charge in [-0.3, -0.25) is 0 Å². The highest BCUT2D eigenvalue weighted by Gasteiger charge is 2.12. The summed E-state index contributed by atoms with van der Waals surface area (Å²) in [7, 11) is 6.02. The Morgan fingerprint density at radius 3 is 2.23 bits per heavy atom. The van der Waals surface area contributed by atoms with Crippen LogP contribution in [0.25, 0.3) is 0 Å². The average Bonchev–Trinajstić information content (AvgIpc) is 2.65. The van der Waals surface area contributed by atoms with Crippen molar-refractivity contribution in [2.45, 2.75) is 13.8 Å². The zero-order chi connectivity index (χ0) is 18.9. The first-order valence-electron chi connectivity index (χ1n) is 8.61. The molecule has 0 heterocycles. The molecule has 128 valence electrons.